The summed E-state index contributed by atoms with van der Waals surface area (Å²) in [5.41, 5.74) is 0.984. The van der Waals surface area contributed by atoms with Crippen LogP contribution in [0, 0.1) is 0 Å². The first-order valence-corrected chi connectivity index (χ1v) is 12.0. The molecule has 1 aliphatic rings. The molecule has 0 aliphatic carbocycles. The van der Waals surface area contributed by atoms with E-state index in [0.717, 1.165) is 4.90 Å². The molecule has 1 saturated heterocycles. The Morgan fingerprint density at radius 2 is 1.84 bits per heavy atom. The normalized spacial score (nSPS) is 14.4. The number of halogens is 2. The van der Waals surface area contributed by atoms with Gasteiger partial charge in [0.15, 0.2) is 6.61 Å². The van der Waals surface area contributed by atoms with Crippen LogP contribution in [0.5, 0.6) is 11.5 Å². The molecule has 11 heteroatoms. The number of imide groups is 2. The van der Waals surface area contributed by atoms with Gasteiger partial charge in [0, 0.05) is 5.02 Å². The van der Waals surface area contributed by atoms with Crippen molar-refractivity contribution in [3.8, 4) is 11.5 Å². The predicted molar refractivity (Wildman–Crippen MR) is 142 cm³/mol. The van der Waals surface area contributed by atoms with E-state index >= 15 is 0 Å². The summed E-state index contributed by atoms with van der Waals surface area (Å²) in [5.74, 6) is -1.12. The number of amides is 5. The van der Waals surface area contributed by atoms with Crippen LogP contribution in [-0.4, -0.2) is 37.5 Å². The van der Waals surface area contributed by atoms with Gasteiger partial charge < -0.3 is 14.8 Å². The second-order valence-electron chi connectivity index (χ2n) is 7.66. The number of carbonyl (C=O) groups is 4. The highest BCUT2D eigenvalue weighted by molar-refractivity contribution is 9.10. The quantitative estimate of drug-likeness (QED) is 0.305. The fraction of sp³-hybridized carbons (Fsp3) is 0.0769. The van der Waals surface area contributed by atoms with Crippen LogP contribution in [0.15, 0.2) is 76.8 Å². The van der Waals surface area contributed by atoms with Crippen molar-refractivity contribution in [1.29, 1.82) is 0 Å². The number of nitrogens with zero attached hydrogens (tertiary/aromatic N) is 1. The Bertz CT molecular complexity index is 1440. The van der Waals surface area contributed by atoms with Gasteiger partial charge in [-0.3, -0.25) is 19.7 Å². The van der Waals surface area contributed by atoms with Crippen molar-refractivity contribution in [1.82, 2.24) is 5.32 Å². The van der Waals surface area contributed by atoms with Crippen LogP contribution in [0.2, 0.25) is 5.02 Å². The highest BCUT2D eigenvalue weighted by Crippen LogP contribution is 2.29. The monoisotopic (exact) mass is 583 g/mol. The molecular formula is C26H19BrClN3O6. The van der Waals surface area contributed by atoms with Gasteiger partial charge in [-0.2, -0.15) is 0 Å². The second kappa shape index (κ2) is 11.3. The summed E-state index contributed by atoms with van der Waals surface area (Å²) in [6.45, 7) is -0.269. The van der Waals surface area contributed by atoms with Gasteiger partial charge >= 0.3 is 6.03 Å². The topological polar surface area (TPSA) is 114 Å². The van der Waals surface area contributed by atoms with Crippen LogP contribution in [-0.2, 0) is 14.4 Å². The molecule has 0 aromatic heterocycles. The lowest BCUT2D eigenvalue weighted by atomic mass is 10.1. The maximum absolute atomic E-state index is 13.0. The minimum atomic E-state index is -0.870. The summed E-state index contributed by atoms with van der Waals surface area (Å²) in [5, 5.41) is 5.21. The van der Waals surface area contributed by atoms with Crippen LogP contribution < -0.4 is 25.0 Å². The minimum Gasteiger partial charge on any atom is -0.495 e. The Kier molecular flexibility index (Phi) is 7.90. The number of rotatable bonds is 7. The van der Waals surface area contributed by atoms with Crippen molar-refractivity contribution in [3.63, 3.8) is 0 Å². The van der Waals surface area contributed by atoms with Crippen LogP contribution >= 0.6 is 27.5 Å². The number of ether oxygens (including phenoxy) is 2. The van der Waals surface area contributed by atoms with Gasteiger partial charge in [0.25, 0.3) is 17.7 Å². The average molecular weight is 585 g/mol. The number of methoxy groups -OCH3 is 1. The molecule has 188 valence electrons. The highest BCUT2D eigenvalue weighted by Gasteiger charge is 2.36. The number of barbiturate groups is 1. The van der Waals surface area contributed by atoms with Gasteiger partial charge in [0.1, 0.15) is 17.1 Å². The van der Waals surface area contributed by atoms with Crippen molar-refractivity contribution in [2.24, 2.45) is 0 Å². The molecule has 0 saturated carbocycles. The van der Waals surface area contributed by atoms with Crippen molar-refractivity contribution in [3.05, 3.63) is 87.4 Å². The minimum absolute atomic E-state index is 0.227. The summed E-state index contributed by atoms with van der Waals surface area (Å²) in [6.07, 6.45) is 1.35. The van der Waals surface area contributed by atoms with Gasteiger partial charge in [-0.25, -0.2) is 9.69 Å². The van der Waals surface area contributed by atoms with Gasteiger partial charge in [-0.15, -0.1) is 0 Å². The van der Waals surface area contributed by atoms with E-state index in [0.29, 0.717) is 32.2 Å². The van der Waals surface area contributed by atoms with Gasteiger partial charge in [-0.1, -0.05) is 35.9 Å². The fourth-order valence-corrected chi connectivity index (χ4v) is 4.17. The van der Waals surface area contributed by atoms with Crippen molar-refractivity contribution in [2.75, 3.05) is 23.9 Å². The molecular weight excluding hydrogens is 566 g/mol. The summed E-state index contributed by atoms with van der Waals surface area (Å²) in [4.78, 5) is 51.0. The van der Waals surface area contributed by atoms with Gasteiger partial charge in [0.05, 0.1) is 23.0 Å². The molecule has 3 aromatic rings. The third kappa shape index (κ3) is 5.99. The standard InChI is InChI=1S/C26H19BrClN3O6/c1-36-22-8-3-2-7-20(22)29-23(32)14-37-21-10-9-15(12-19(21)27)11-18-24(33)30-26(35)31(25(18)34)17-6-4-5-16(28)13-17/h2-13H,14H2,1H3,(H,29,32)(H,30,33,35)/b18-11+. The first-order valence-electron chi connectivity index (χ1n) is 10.8. The number of urea groups is 1. The molecule has 0 spiro atoms. The Morgan fingerprint density at radius 3 is 2.57 bits per heavy atom. The zero-order chi connectivity index (χ0) is 26.5. The molecule has 2 N–H and O–H groups in total. The van der Waals surface area contributed by atoms with E-state index in [4.69, 9.17) is 21.1 Å². The molecule has 4 rings (SSSR count). The summed E-state index contributed by atoms with van der Waals surface area (Å²) < 4.78 is 11.3. The molecule has 0 atom stereocenters. The molecule has 0 unspecified atom stereocenters. The van der Waals surface area contributed by atoms with Crippen LogP contribution in [0.3, 0.4) is 0 Å². The lowest BCUT2D eigenvalue weighted by Crippen LogP contribution is -2.54. The maximum atomic E-state index is 13.0. The average Bonchev–Trinajstić information content (AvgIpc) is 2.86. The maximum Gasteiger partial charge on any atom is 0.335 e. The van der Waals surface area contributed by atoms with Crippen LogP contribution in [0.1, 0.15) is 5.56 Å². The summed E-state index contributed by atoms with van der Waals surface area (Å²) in [6, 6.07) is 17.1. The molecule has 1 fully saturated rings. The van der Waals surface area contributed by atoms with E-state index in [2.05, 4.69) is 26.6 Å². The smallest absolute Gasteiger partial charge is 0.335 e. The van der Waals surface area contributed by atoms with E-state index in [-0.39, 0.29) is 17.9 Å². The number of hydrogen-bond donors (Lipinski definition) is 2. The van der Waals surface area contributed by atoms with Crippen molar-refractivity contribution < 1.29 is 28.7 Å². The summed E-state index contributed by atoms with van der Waals surface area (Å²) >= 11 is 9.36. The van der Waals surface area contributed by atoms with E-state index in [1.807, 2.05) is 0 Å². The number of hydrogen-bond acceptors (Lipinski definition) is 6. The molecule has 0 bridgehead atoms. The highest BCUT2D eigenvalue weighted by atomic mass is 79.9. The molecule has 1 heterocycles. The van der Waals surface area contributed by atoms with E-state index in [1.165, 1.54) is 25.3 Å². The third-order valence-corrected chi connectivity index (χ3v) is 6.03. The zero-order valence-electron chi connectivity index (χ0n) is 19.3. The number of nitrogens with one attached hydrogen (secondary N) is 2. The lowest BCUT2D eigenvalue weighted by molar-refractivity contribution is -0.122. The third-order valence-electron chi connectivity index (χ3n) is 5.17. The first-order chi connectivity index (χ1) is 17.8. The second-order valence-corrected chi connectivity index (χ2v) is 8.96. The van der Waals surface area contributed by atoms with Crippen molar-refractivity contribution in [2.45, 2.75) is 0 Å². The molecule has 0 radical (unpaired) electrons. The Hall–Kier alpha value is -4.15. The molecule has 9 nitrogen and oxygen atoms in total. The molecule has 37 heavy (non-hydrogen) atoms. The first kappa shape index (κ1) is 25.9. The predicted octanol–water partition coefficient (Wildman–Crippen LogP) is 4.80. The SMILES string of the molecule is COc1ccccc1NC(=O)COc1ccc(/C=C2\C(=O)NC(=O)N(c3cccc(Cl)c3)C2=O)cc1Br. The van der Waals surface area contributed by atoms with E-state index in [9.17, 15) is 19.2 Å². The largest absolute Gasteiger partial charge is 0.495 e. The number of carbonyl (C=O) groups excluding carboxylic acids is 4. The fourth-order valence-electron chi connectivity index (χ4n) is 3.48. The molecule has 1 aliphatic heterocycles. The van der Waals surface area contributed by atoms with Gasteiger partial charge in [0.2, 0.25) is 0 Å². The summed E-state index contributed by atoms with van der Waals surface area (Å²) in [7, 11) is 1.51. The number of anilines is 2. The lowest BCUT2D eigenvalue weighted by Gasteiger charge is -2.26. The number of para-hydroxylation sites is 2. The molecule has 5 amide bonds. The zero-order valence-corrected chi connectivity index (χ0v) is 21.6. The Labute approximate surface area is 225 Å². The molecule has 3 aromatic carbocycles. The number of benzene rings is 3. The van der Waals surface area contributed by atoms with E-state index < -0.39 is 23.8 Å². The van der Waals surface area contributed by atoms with Gasteiger partial charge in [-0.05, 0) is 70.0 Å². The van der Waals surface area contributed by atoms with Crippen molar-refractivity contribution >= 4 is 68.7 Å². The Balaban J connectivity index is 1.48. The van der Waals surface area contributed by atoms with E-state index in [1.54, 1.807) is 54.6 Å². The Morgan fingerprint density at radius 1 is 1.05 bits per heavy atom. The van der Waals surface area contributed by atoms with Crippen LogP contribution in [0.25, 0.3) is 6.08 Å². The van der Waals surface area contributed by atoms with Crippen LogP contribution in [0.4, 0.5) is 16.2 Å².